The van der Waals surface area contributed by atoms with Crippen LogP contribution in [0.3, 0.4) is 0 Å². The lowest BCUT2D eigenvalue weighted by molar-refractivity contribution is 0.122. The number of aromatic nitrogens is 5. The maximum atomic E-state index is 15.3. The van der Waals surface area contributed by atoms with Gasteiger partial charge in [0.05, 0.1) is 47.2 Å². The van der Waals surface area contributed by atoms with Gasteiger partial charge in [0, 0.05) is 37.0 Å². The van der Waals surface area contributed by atoms with Gasteiger partial charge in [-0.15, -0.1) is 0 Å². The standard InChI is InChI=1S/C27H23ClF2N6O/c28-27-32-14-20(33-27)17-12-16(35-7-9-37-10-8-35)13-22-25(17)34-23(11-15-1-2-15)36(22)21-5-6-31-26-19(30)4-3-18(29)24(21)26/h3-6,12-15H,1-2,7-11H2,(H,32,33). The molecule has 3 aromatic heterocycles. The van der Waals surface area contributed by atoms with E-state index >= 15 is 4.39 Å². The van der Waals surface area contributed by atoms with Gasteiger partial charge in [-0.05, 0) is 60.7 Å². The SMILES string of the molecule is Fc1ccc(F)c2c(-n3c(CC4CC4)nc4c(-c5cnc(Cl)[nH]5)cc(N5CCOCC5)cc43)ccnc12. The molecule has 0 atom stereocenters. The van der Waals surface area contributed by atoms with Gasteiger partial charge >= 0.3 is 0 Å². The molecule has 5 aromatic rings. The maximum Gasteiger partial charge on any atom is 0.200 e. The number of ether oxygens (including phenoxy) is 1. The van der Waals surface area contributed by atoms with Crippen molar-refractivity contribution in [3.63, 3.8) is 0 Å². The van der Waals surface area contributed by atoms with E-state index in [4.69, 9.17) is 21.3 Å². The monoisotopic (exact) mass is 520 g/mol. The fourth-order valence-electron chi connectivity index (χ4n) is 5.20. The molecule has 188 valence electrons. The molecule has 7 nitrogen and oxygen atoms in total. The second-order valence-corrected chi connectivity index (χ2v) is 10.0. The average molecular weight is 521 g/mol. The first-order chi connectivity index (χ1) is 18.1. The second-order valence-electron chi connectivity index (χ2n) is 9.64. The van der Waals surface area contributed by atoms with Gasteiger partial charge in [-0.1, -0.05) is 0 Å². The summed E-state index contributed by atoms with van der Waals surface area (Å²) in [5.74, 6) is 0.241. The Morgan fingerprint density at radius 2 is 1.84 bits per heavy atom. The number of aromatic amines is 1. The normalized spacial score (nSPS) is 16.2. The van der Waals surface area contributed by atoms with Gasteiger partial charge in [-0.25, -0.2) is 18.7 Å². The minimum Gasteiger partial charge on any atom is -0.378 e. The van der Waals surface area contributed by atoms with Crippen LogP contribution in [0.25, 0.3) is 38.9 Å². The summed E-state index contributed by atoms with van der Waals surface area (Å²) in [7, 11) is 0. The minimum atomic E-state index is -0.562. The van der Waals surface area contributed by atoms with E-state index in [0.29, 0.717) is 24.8 Å². The van der Waals surface area contributed by atoms with Crippen molar-refractivity contribution in [3.8, 4) is 16.9 Å². The molecule has 0 bridgehead atoms. The predicted octanol–water partition coefficient (Wildman–Crippen LogP) is 5.68. The fourth-order valence-corrected chi connectivity index (χ4v) is 5.35. The van der Waals surface area contributed by atoms with Crippen molar-refractivity contribution in [2.75, 3.05) is 31.2 Å². The molecule has 2 aromatic carbocycles. The van der Waals surface area contributed by atoms with Crippen LogP contribution in [-0.2, 0) is 11.2 Å². The molecular weight excluding hydrogens is 498 g/mol. The van der Waals surface area contributed by atoms with Gasteiger partial charge in [0.1, 0.15) is 23.0 Å². The number of anilines is 1. The van der Waals surface area contributed by atoms with E-state index < -0.39 is 11.6 Å². The number of H-pyrrole nitrogens is 1. The highest BCUT2D eigenvalue weighted by molar-refractivity contribution is 6.28. The molecule has 0 unspecified atom stereocenters. The highest BCUT2D eigenvalue weighted by atomic mass is 35.5. The molecule has 10 heteroatoms. The van der Waals surface area contributed by atoms with E-state index in [1.807, 2.05) is 4.57 Å². The highest BCUT2D eigenvalue weighted by Crippen LogP contribution is 2.39. The molecule has 2 fully saturated rings. The van der Waals surface area contributed by atoms with Crippen molar-refractivity contribution in [2.45, 2.75) is 19.3 Å². The van der Waals surface area contributed by atoms with Crippen LogP contribution in [0, 0.1) is 17.6 Å². The summed E-state index contributed by atoms with van der Waals surface area (Å²) in [6, 6.07) is 8.16. The molecule has 0 amide bonds. The molecule has 1 saturated heterocycles. The molecule has 1 N–H and O–H groups in total. The van der Waals surface area contributed by atoms with E-state index in [2.05, 4.69) is 32.0 Å². The van der Waals surface area contributed by atoms with Gasteiger partial charge in [0.25, 0.3) is 0 Å². The number of fused-ring (bicyclic) bond motifs is 2. The number of imidazole rings is 2. The Hall–Kier alpha value is -3.56. The molecule has 2 aliphatic rings. The Morgan fingerprint density at radius 1 is 1.03 bits per heavy atom. The third-order valence-electron chi connectivity index (χ3n) is 7.20. The molecule has 1 aliphatic carbocycles. The number of halogens is 3. The second kappa shape index (κ2) is 8.78. The molecular formula is C27H23ClF2N6O. The smallest absolute Gasteiger partial charge is 0.200 e. The first kappa shape index (κ1) is 22.6. The zero-order chi connectivity index (χ0) is 25.1. The van der Waals surface area contributed by atoms with Gasteiger partial charge in [-0.2, -0.15) is 0 Å². The van der Waals surface area contributed by atoms with Crippen LogP contribution in [0.1, 0.15) is 18.7 Å². The zero-order valence-corrected chi connectivity index (χ0v) is 20.6. The molecule has 0 radical (unpaired) electrons. The quantitative estimate of drug-likeness (QED) is 0.322. The number of rotatable bonds is 5. The molecule has 37 heavy (non-hydrogen) atoms. The number of nitrogens with one attached hydrogen (secondary N) is 1. The Labute approximate surface area is 216 Å². The lowest BCUT2D eigenvalue weighted by Gasteiger charge is -2.29. The van der Waals surface area contributed by atoms with Crippen molar-refractivity contribution in [1.82, 2.24) is 24.5 Å². The molecule has 1 aliphatic heterocycles. The summed E-state index contributed by atoms with van der Waals surface area (Å²) in [6.07, 6.45) is 6.22. The van der Waals surface area contributed by atoms with Crippen molar-refractivity contribution >= 4 is 39.2 Å². The van der Waals surface area contributed by atoms with Crippen LogP contribution < -0.4 is 4.90 Å². The minimum absolute atomic E-state index is 0.00151. The number of pyridine rings is 1. The van der Waals surface area contributed by atoms with Crippen LogP contribution in [0.15, 0.2) is 42.7 Å². The van der Waals surface area contributed by atoms with Crippen LogP contribution in [-0.4, -0.2) is 50.8 Å². The zero-order valence-electron chi connectivity index (χ0n) is 19.8. The summed E-state index contributed by atoms with van der Waals surface area (Å²) in [5, 5.41) is 0.428. The van der Waals surface area contributed by atoms with E-state index in [9.17, 15) is 4.39 Å². The lowest BCUT2D eigenvalue weighted by atomic mass is 10.1. The summed E-state index contributed by atoms with van der Waals surface area (Å²) in [4.78, 5) is 18.8. The Morgan fingerprint density at radius 3 is 2.59 bits per heavy atom. The summed E-state index contributed by atoms with van der Waals surface area (Å²) >= 11 is 6.15. The van der Waals surface area contributed by atoms with Crippen LogP contribution in [0.5, 0.6) is 0 Å². The largest absolute Gasteiger partial charge is 0.378 e. The molecule has 1 saturated carbocycles. The first-order valence-electron chi connectivity index (χ1n) is 12.4. The first-order valence-corrected chi connectivity index (χ1v) is 12.8. The fraction of sp³-hybridized carbons (Fsp3) is 0.296. The summed E-state index contributed by atoms with van der Waals surface area (Å²) in [6.45, 7) is 2.76. The number of nitrogens with zero attached hydrogens (tertiary/aromatic N) is 5. The Balaban J connectivity index is 1.55. The molecule has 4 heterocycles. The predicted molar refractivity (Wildman–Crippen MR) is 138 cm³/mol. The van der Waals surface area contributed by atoms with Gasteiger partial charge in [0.15, 0.2) is 5.28 Å². The molecule has 0 spiro atoms. The molecule has 7 rings (SSSR count). The van der Waals surface area contributed by atoms with Gasteiger partial charge < -0.3 is 14.6 Å². The average Bonchev–Trinajstić information content (AvgIpc) is 3.51. The third-order valence-corrected chi connectivity index (χ3v) is 7.40. The summed E-state index contributed by atoms with van der Waals surface area (Å²) < 4.78 is 37.5. The third kappa shape index (κ3) is 3.93. The van der Waals surface area contributed by atoms with Crippen molar-refractivity contribution in [3.05, 3.63) is 65.5 Å². The summed E-state index contributed by atoms with van der Waals surface area (Å²) in [5.41, 5.74) is 4.64. The van der Waals surface area contributed by atoms with Gasteiger partial charge in [0.2, 0.25) is 0 Å². The highest BCUT2D eigenvalue weighted by Gasteiger charge is 2.28. The van der Waals surface area contributed by atoms with E-state index in [1.165, 1.54) is 6.20 Å². The van der Waals surface area contributed by atoms with E-state index in [0.717, 1.165) is 78.3 Å². The number of hydrogen-bond acceptors (Lipinski definition) is 5. The number of morpholine rings is 1. The van der Waals surface area contributed by atoms with Gasteiger partial charge in [-0.3, -0.25) is 9.55 Å². The van der Waals surface area contributed by atoms with Crippen molar-refractivity contribution in [2.24, 2.45) is 5.92 Å². The lowest BCUT2D eigenvalue weighted by Crippen LogP contribution is -2.36. The topological polar surface area (TPSA) is 71.9 Å². The maximum absolute atomic E-state index is 15.3. The van der Waals surface area contributed by atoms with Crippen molar-refractivity contribution in [1.29, 1.82) is 0 Å². The Kier molecular flexibility index (Phi) is 5.37. The van der Waals surface area contributed by atoms with Crippen LogP contribution in [0.4, 0.5) is 14.5 Å². The number of benzene rings is 2. The van der Waals surface area contributed by atoms with Crippen LogP contribution >= 0.6 is 11.6 Å². The van der Waals surface area contributed by atoms with E-state index in [-0.39, 0.29) is 16.2 Å². The Bertz CT molecular complexity index is 1650. The van der Waals surface area contributed by atoms with E-state index in [1.54, 1.807) is 12.3 Å². The van der Waals surface area contributed by atoms with Crippen molar-refractivity contribution < 1.29 is 13.5 Å². The number of hydrogen-bond donors (Lipinski definition) is 1. The van der Waals surface area contributed by atoms with Crippen LogP contribution in [0.2, 0.25) is 5.28 Å².